The van der Waals surface area contributed by atoms with E-state index in [1.54, 1.807) is 30.1 Å². The Kier molecular flexibility index (Phi) is 5.39. The van der Waals surface area contributed by atoms with Gasteiger partial charge in [0.05, 0.1) is 6.42 Å². The molecule has 0 aliphatic heterocycles. The molecule has 1 heterocycles. The standard InChI is InChI=1S/C21H19N3O2/c1-24-14-13-22-21(24)19(25)12-11-16-7-9-17(10-8-16)15-20(26)23-18-5-3-2-4-6-18/h2-14H,15H2,1H3,(H,23,26)/b12-11+. The molecule has 0 fully saturated rings. The summed E-state index contributed by atoms with van der Waals surface area (Å²) in [5, 5.41) is 2.86. The van der Waals surface area contributed by atoms with E-state index in [4.69, 9.17) is 0 Å². The van der Waals surface area contributed by atoms with E-state index in [0.717, 1.165) is 16.8 Å². The number of nitrogens with zero attached hydrogens (tertiary/aromatic N) is 2. The van der Waals surface area contributed by atoms with Gasteiger partial charge in [-0.1, -0.05) is 48.5 Å². The molecule has 26 heavy (non-hydrogen) atoms. The van der Waals surface area contributed by atoms with E-state index in [1.807, 2.05) is 54.6 Å². The highest BCUT2D eigenvalue weighted by molar-refractivity contribution is 6.04. The first-order chi connectivity index (χ1) is 12.6. The molecule has 1 amide bonds. The van der Waals surface area contributed by atoms with E-state index in [-0.39, 0.29) is 11.7 Å². The molecule has 0 spiro atoms. The summed E-state index contributed by atoms with van der Waals surface area (Å²) in [6.45, 7) is 0. The smallest absolute Gasteiger partial charge is 0.228 e. The lowest BCUT2D eigenvalue weighted by molar-refractivity contribution is -0.115. The molecule has 0 radical (unpaired) electrons. The first-order valence-corrected chi connectivity index (χ1v) is 8.25. The van der Waals surface area contributed by atoms with E-state index in [2.05, 4.69) is 10.3 Å². The summed E-state index contributed by atoms with van der Waals surface area (Å²) >= 11 is 0. The summed E-state index contributed by atoms with van der Waals surface area (Å²) in [6.07, 6.45) is 6.86. The van der Waals surface area contributed by atoms with Crippen molar-refractivity contribution >= 4 is 23.5 Å². The van der Waals surface area contributed by atoms with Gasteiger partial charge in [-0.15, -0.1) is 0 Å². The summed E-state index contributed by atoms with van der Waals surface area (Å²) in [7, 11) is 1.78. The lowest BCUT2D eigenvalue weighted by Gasteiger charge is -2.05. The number of hydrogen-bond acceptors (Lipinski definition) is 3. The number of hydrogen-bond donors (Lipinski definition) is 1. The van der Waals surface area contributed by atoms with Crippen LogP contribution in [0.1, 0.15) is 21.7 Å². The molecule has 0 unspecified atom stereocenters. The Balaban J connectivity index is 1.58. The number of aryl methyl sites for hydroxylation is 1. The van der Waals surface area contributed by atoms with Crippen molar-refractivity contribution in [3.63, 3.8) is 0 Å². The number of carbonyl (C=O) groups excluding carboxylic acids is 2. The number of amides is 1. The van der Waals surface area contributed by atoms with Gasteiger partial charge in [-0.25, -0.2) is 4.98 Å². The highest BCUT2D eigenvalue weighted by atomic mass is 16.1. The van der Waals surface area contributed by atoms with Crippen LogP contribution in [0.25, 0.3) is 6.08 Å². The second-order valence-electron chi connectivity index (χ2n) is 5.89. The molecule has 0 atom stereocenters. The molecule has 1 aromatic heterocycles. The largest absolute Gasteiger partial charge is 0.331 e. The number of benzene rings is 2. The maximum atomic E-state index is 12.1. The number of carbonyl (C=O) groups is 2. The Labute approximate surface area is 152 Å². The van der Waals surface area contributed by atoms with Crippen LogP contribution in [-0.4, -0.2) is 21.2 Å². The van der Waals surface area contributed by atoms with Gasteiger partial charge >= 0.3 is 0 Å². The van der Waals surface area contributed by atoms with E-state index in [1.165, 1.54) is 6.08 Å². The minimum absolute atomic E-state index is 0.0653. The van der Waals surface area contributed by atoms with E-state index < -0.39 is 0 Å². The number of ketones is 1. The predicted molar refractivity (Wildman–Crippen MR) is 102 cm³/mol. The molecule has 0 bridgehead atoms. The van der Waals surface area contributed by atoms with E-state index >= 15 is 0 Å². The average molecular weight is 345 g/mol. The fraction of sp³-hybridized carbons (Fsp3) is 0.0952. The SMILES string of the molecule is Cn1ccnc1C(=O)/C=C/c1ccc(CC(=O)Nc2ccccc2)cc1. The predicted octanol–water partition coefficient (Wildman–Crippen LogP) is 3.50. The van der Waals surface area contributed by atoms with Crippen LogP contribution in [0.15, 0.2) is 73.1 Å². The van der Waals surface area contributed by atoms with Crippen molar-refractivity contribution in [2.45, 2.75) is 6.42 Å². The summed E-state index contributed by atoms with van der Waals surface area (Å²) < 4.78 is 1.68. The molecule has 2 aromatic carbocycles. The van der Waals surface area contributed by atoms with Gasteiger partial charge in [-0.05, 0) is 29.3 Å². The number of aromatic nitrogens is 2. The second kappa shape index (κ2) is 8.07. The lowest BCUT2D eigenvalue weighted by atomic mass is 10.1. The van der Waals surface area contributed by atoms with Crippen molar-refractivity contribution in [2.24, 2.45) is 7.05 Å². The Morgan fingerprint density at radius 3 is 2.46 bits per heavy atom. The number of imidazole rings is 1. The van der Waals surface area contributed by atoms with Crippen molar-refractivity contribution in [2.75, 3.05) is 5.32 Å². The molecular formula is C21H19N3O2. The number of allylic oxidation sites excluding steroid dienone is 1. The molecule has 1 N–H and O–H groups in total. The second-order valence-corrected chi connectivity index (χ2v) is 5.89. The third-order valence-corrected chi connectivity index (χ3v) is 3.87. The molecule has 0 saturated carbocycles. The van der Waals surface area contributed by atoms with Gasteiger partial charge < -0.3 is 9.88 Å². The van der Waals surface area contributed by atoms with Gasteiger partial charge in [0, 0.05) is 25.1 Å². The number of rotatable bonds is 6. The maximum absolute atomic E-state index is 12.1. The topological polar surface area (TPSA) is 64.0 Å². The molecular weight excluding hydrogens is 326 g/mol. The number of anilines is 1. The van der Waals surface area contributed by atoms with Crippen molar-refractivity contribution in [3.05, 3.63) is 90.0 Å². The number of nitrogens with one attached hydrogen (secondary N) is 1. The van der Waals surface area contributed by atoms with Gasteiger partial charge in [0.1, 0.15) is 0 Å². The Morgan fingerprint density at radius 1 is 1.08 bits per heavy atom. The fourth-order valence-corrected chi connectivity index (χ4v) is 2.51. The summed E-state index contributed by atoms with van der Waals surface area (Å²) in [5.41, 5.74) is 2.58. The zero-order valence-electron chi connectivity index (χ0n) is 14.4. The Morgan fingerprint density at radius 2 is 1.81 bits per heavy atom. The Hall–Kier alpha value is -3.47. The summed E-state index contributed by atoms with van der Waals surface area (Å²) in [6, 6.07) is 16.9. The zero-order chi connectivity index (χ0) is 18.4. The van der Waals surface area contributed by atoms with Crippen LogP contribution >= 0.6 is 0 Å². The van der Waals surface area contributed by atoms with Crippen LogP contribution in [-0.2, 0) is 18.3 Å². The molecule has 5 nitrogen and oxygen atoms in total. The summed E-state index contributed by atoms with van der Waals surface area (Å²) in [5.74, 6) is 0.184. The minimum Gasteiger partial charge on any atom is -0.331 e. The van der Waals surface area contributed by atoms with E-state index in [0.29, 0.717) is 12.2 Å². The third-order valence-electron chi connectivity index (χ3n) is 3.87. The van der Waals surface area contributed by atoms with E-state index in [9.17, 15) is 9.59 Å². The quantitative estimate of drug-likeness (QED) is 0.549. The Bertz CT molecular complexity index is 925. The molecule has 0 saturated heterocycles. The summed E-state index contributed by atoms with van der Waals surface area (Å²) in [4.78, 5) is 28.2. The zero-order valence-corrected chi connectivity index (χ0v) is 14.4. The maximum Gasteiger partial charge on any atom is 0.228 e. The first kappa shape index (κ1) is 17.4. The van der Waals surface area contributed by atoms with Crippen LogP contribution in [0.5, 0.6) is 0 Å². The van der Waals surface area contributed by atoms with Crippen LogP contribution in [0.3, 0.4) is 0 Å². The van der Waals surface area contributed by atoms with Crippen molar-refractivity contribution in [1.82, 2.24) is 9.55 Å². The molecule has 3 rings (SSSR count). The van der Waals surface area contributed by atoms with Gasteiger partial charge in [-0.2, -0.15) is 0 Å². The average Bonchev–Trinajstić information content (AvgIpc) is 3.08. The molecule has 5 heteroatoms. The number of para-hydroxylation sites is 1. The fourth-order valence-electron chi connectivity index (χ4n) is 2.51. The van der Waals surface area contributed by atoms with Crippen LogP contribution < -0.4 is 5.32 Å². The van der Waals surface area contributed by atoms with Crippen molar-refractivity contribution in [3.8, 4) is 0 Å². The third kappa shape index (κ3) is 4.54. The molecule has 0 aliphatic carbocycles. The molecule has 3 aromatic rings. The van der Waals surface area contributed by atoms with Gasteiger partial charge in [0.25, 0.3) is 0 Å². The van der Waals surface area contributed by atoms with Gasteiger partial charge in [-0.3, -0.25) is 9.59 Å². The van der Waals surface area contributed by atoms with Crippen molar-refractivity contribution in [1.29, 1.82) is 0 Å². The highest BCUT2D eigenvalue weighted by Gasteiger charge is 2.07. The monoisotopic (exact) mass is 345 g/mol. The normalized spacial score (nSPS) is 10.8. The molecule has 0 aliphatic rings. The van der Waals surface area contributed by atoms with Crippen LogP contribution in [0.2, 0.25) is 0 Å². The van der Waals surface area contributed by atoms with Gasteiger partial charge in [0.15, 0.2) is 5.82 Å². The van der Waals surface area contributed by atoms with Gasteiger partial charge in [0.2, 0.25) is 11.7 Å². The highest BCUT2D eigenvalue weighted by Crippen LogP contribution is 2.10. The lowest BCUT2D eigenvalue weighted by Crippen LogP contribution is -2.14. The molecule has 130 valence electrons. The first-order valence-electron chi connectivity index (χ1n) is 8.25. The van der Waals surface area contributed by atoms with Crippen molar-refractivity contribution < 1.29 is 9.59 Å². The van der Waals surface area contributed by atoms with Crippen LogP contribution in [0.4, 0.5) is 5.69 Å². The van der Waals surface area contributed by atoms with Crippen LogP contribution in [0, 0.1) is 0 Å². The minimum atomic E-state index is -0.149.